The summed E-state index contributed by atoms with van der Waals surface area (Å²) >= 11 is 0. The van der Waals surface area contributed by atoms with E-state index in [1.165, 1.54) is 0 Å². The highest BCUT2D eigenvalue weighted by molar-refractivity contribution is 5.34. The van der Waals surface area contributed by atoms with E-state index in [2.05, 4.69) is 10.1 Å². The number of nitrogens with zero attached hydrogens (tertiary/aromatic N) is 3. The van der Waals surface area contributed by atoms with Crippen LogP contribution in [0.25, 0.3) is 0 Å². The summed E-state index contributed by atoms with van der Waals surface area (Å²) in [5.41, 5.74) is 2.16. The number of hydrogen-bond donors (Lipinski definition) is 1. The van der Waals surface area contributed by atoms with Gasteiger partial charge in [0.2, 0.25) is 0 Å². The minimum atomic E-state index is -0.835. The molecule has 2 aromatic rings. The van der Waals surface area contributed by atoms with Crippen molar-refractivity contribution in [2.24, 2.45) is 7.05 Å². The van der Waals surface area contributed by atoms with Gasteiger partial charge in [0, 0.05) is 13.2 Å². The molecule has 17 heavy (non-hydrogen) atoms. The molecule has 0 radical (unpaired) electrons. The fraction of sp³-hybridized carbons (Fsp3) is 0.333. The molecule has 1 N–H and O–H groups in total. The van der Waals surface area contributed by atoms with Crippen LogP contribution in [-0.2, 0) is 7.05 Å². The average molecular weight is 233 g/mol. The van der Waals surface area contributed by atoms with Gasteiger partial charge in [-0.25, -0.2) is 0 Å². The molecule has 0 aliphatic heterocycles. The smallest absolute Gasteiger partial charge is 0.163 e. The predicted molar refractivity (Wildman–Crippen MR) is 62.8 cm³/mol. The standard InChI is InChI=1S/C12H15N3O2/c1-8-5-4-6-13-10(8)12(16)11-9(17-3)7-14-15(11)2/h4-7,12,16H,1-3H3. The zero-order chi connectivity index (χ0) is 12.4. The van der Waals surface area contributed by atoms with E-state index in [1.54, 1.807) is 31.2 Å². The van der Waals surface area contributed by atoms with Crippen molar-refractivity contribution in [2.75, 3.05) is 7.11 Å². The number of aliphatic hydroxyl groups is 1. The number of rotatable bonds is 3. The fourth-order valence-corrected chi connectivity index (χ4v) is 1.81. The lowest BCUT2D eigenvalue weighted by molar-refractivity contribution is 0.199. The highest BCUT2D eigenvalue weighted by atomic mass is 16.5. The molecule has 5 heteroatoms. The van der Waals surface area contributed by atoms with E-state index in [4.69, 9.17) is 4.74 Å². The molecule has 2 heterocycles. The molecule has 90 valence electrons. The van der Waals surface area contributed by atoms with Crippen LogP contribution in [0.3, 0.4) is 0 Å². The lowest BCUT2D eigenvalue weighted by atomic mass is 10.1. The maximum absolute atomic E-state index is 10.4. The first-order valence-electron chi connectivity index (χ1n) is 5.30. The quantitative estimate of drug-likeness (QED) is 0.865. The molecule has 1 atom stereocenters. The summed E-state index contributed by atoms with van der Waals surface area (Å²) < 4.78 is 6.77. The lowest BCUT2D eigenvalue weighted by Crippen LogP contribution is -2.10. The van der Waals surface area contributed by atoms with Gasteiger partial charge in [-0.1, -0.05) is 6.07 Å². The zero-order valence-corrected chi connectivity index (χ0v) is 10.1. The van der Waals surface area contributed by atoms with E-state index in [-0.39, 0.29) is 0 Å². The maximum atomic E-state index is 10.4. The largest absolute Gasteiger partial charge is 0.493 e. The Bertz CT molecular complexity index is 522. The highest BCUT2D eigenvalue weighted by Crippen LogP contribution is 2.29. The van der Waals surface area contributed by atoms with Crippen molar-refractivity contribution in [1.29, 1.82) is 0 Å². The van der Waals surface area contributed by atoms with Crippen molar-refractivity contribution in [2.45, 2.75) is 13.0 Å². The number of ether oxygens (including phenoxy) is 1. The number of methoxy groups -OCH3 is 1. The fourth-order valence-electron chi connectivity index (χ4n) is 1.81. The Kier molecular flexibility index (Phi) is 3.10. The maximum Gasteiger partial charge on any atom is 0.163 e. The van der Waals surface area contributed by atoms with Crippen LogP contribution in [0.5, 0.6) is 5.75 Å². The third-order valence-corrected chi connectivity index (χ3v) is 2.74. The normalized spacial score (nSPS) is 12.5. The molecule has 0 amide bonds. The van der Waals surface area contributed by atoms with E-state index in [9.17, 15) is 5.11 Å². The minimum absolute atomic E-state index is 0.560. The van der Waals surface area contributed by atoms with Gasteiger partial charge in [-0.2, -0.15) is 5.10 Å². The van der Waals surface area contributed by atoms with Gasteiger partial charge < -0.3 is 9.84 Å². The summed E-state index contributed by atoms with van der Waals surface area (Å²) in [6.07, 6.45) is 2.41. The Labute approximate surface area is 99.7 Å². The Balaban J connectivity index is 2.47. The van der Waals surface area contributed by atoms with Gasteiger partial charge in [-0.05, 0) is 18.6 Å². The SMILES string of the molecule is COc1cnn(C)c1C(O)c1ncccc1C. The van der Waals surface area contributed by atoms with Gasteiger partial charge in [0.25, 0.3) is 0 Å². The Hall–Kier alpha value is -1.88. The van der Waals surface area contributed by atoms with Gasteiger partial charge >= 0.3 is 0 Å². The van der Waals surface area contributed by atoms with Crippen LogP contribution < -0.4 is 4.74 Å². The minimum Gasteiger partial charge on any atom is -0.493 e. The zero-order valence-electron chi connectivity index (χ0n) is 10.1. The number of aryl methyl sites for hydroxylation is 2. The molecule has 2 rings (SSSR count). The summed E-state index contributed by atoms with van der Waals surface area (Å²) in [4.78, 5) is 4.20. The molecule has 5 nitrogen and oxygen atoms in total. The average Bonchev–Trinajstić information content (AvgIpc) is 2.70. The van der Waals surface area contributed by atoms with Crippen LogP contribution in [0.1, 0.15) is 23.1 Å². The van der Waals surface area contributed by atoms with Crippen LogP contribution in [0.4, 0.5) is 0 Å². The van der Waals surface area contributed by atoms with E-state index in [0.29, 0.717) is 17.1 Å². The Morgan fingerprint density at radius 3 is 2.88 bits per heavy atom. The van der Waals surface area contributed by atoms with Crippen LogP contribution >= 0.6 is 0 Å². The molecule has 0 saturated carbocycles. The van der Waals surface area contributed by atoms with E-state index in [1.807, 2.05) is 19.1 Å². The van der Waals surface area contributed by atoms with Gasteiger partial charge in [0.1, 0.15) is 11.8 Å². The first kappa shape index (κ1) is 11.6. The molecule has 0 aliphatic rings. The molecule has 0 bridgehead atoms. The van der Waals surface area contributed by atoms with Crippen molar-refractivity contribution in [1.82, 2.24) is 14.8 Å². The van der Waals surface area contributed by atoms with E-state index >= 15 is 0 Å². The van der Waals surface area contributed by atoms with E-state index in [0.717, 1.165) is 5.56 Å². The molecule has 2 aromatic heterocycles. The van der Waals surface area contributed by atoms with Crippen LogP contribution in [-0.4, -0.2) is 27.0 Å². The summed E-state index contributed by atoms with van der Waals surface area (Å²) in [5, 5.41) is 14.4. The molecule has 0 fully saturated rings. The van der Waals surface area contributed by atoms with Gasteiger partial charge in [-0.15, -0.1) is 0 Å². The van der Waals surface area contributed by atoms with Crippen LogP contribution in [0, 0.1) is 6.92 Å². The van der Waals surface area contributed by atoms with Crippen LogP contribution in [0.15, 0.2) is 24.5 Å². The van der Waals surface area contributed by atoms with Gasteiger partial charge in [0.05, 0.1) is 19.0 Å². The lowest BCUT2D eigenvalue weighted by Gasteiger charge is -2.14. The van der Waals surface area contributed by atoms with Crippen molar-refractivity contribution in [3.8, 4) is 5.75 Å². The van der Waals surface area contributed by atoms with Crippen LogP contribution in [0.2, 0.25) is 0 Å². The monoisotopic (exact) mass is 233 g/mol. The molecule has 0 aromatic carbocycles. The van der Waals surface area contributed by atoms with Gasteiger partial charge in [-0.3, -0.25) is 9.67 Å². The topological polar surface area (TPSA) is 60.2 Å². The molecule has 1 unspecified atom stereocenters. The summed E-state index contributed by atoms with van der Waals surface area (Å²) in [7, 11) is 3.32. The van der Waals surface area contributed by atoms with Gasteiger partial charge in [0.15, 0.2) is 5.75 Å². The van der Waals surface area contributed by atoms with E-state index < -0.39 is 6.10 Å². The number of hydrogen-bond acceptors (Lipinski definition) is 4. The first-order chi connectivity index (χ1) is 8.15. The van der Waals surface area contributed by atoms with Crippen molar-refractivity contribution < 1.29 is 9.84 Å². The second-order valence-corrected chi connectivity index (χ2v) is 3.83. The first-order valence-corrected chi connectivity index (χ1v) is 5.30. The molecule has 0 spiro atoms. The Morgan fingerprint density at radius 2 is 2.24 bits per heavy atom. The van der Waals surface area contributed by atoms with Crippen molar-refractivity contribution in [3.63, 3.8) is 0 Å². The second kappa shape index (κ2) is 4.55. The van der Waals surface area contributed by atoms with Crippen molar-refractivity contribution >= 4 is 0 Å². The summed E-state index contributed by atoms with van der Waals surface area (Å²) in [6, 6.07) is 3.75. The molecular formula is C12H15N3O2. The third kappa shape index (κ3) is 2.01. The molecule has 0 saturated heterocycles. The number of pyridine rings is 1. The second-order valence-electron chi connectivity index (χ2n) is 3.83. The number of aliphatic hydroxyl groups excluding tert-OH is 1. The highest BCUT2D eigenvalue weighted by Gasteiger charge is 2.22. The summed E-state index contributed by atoms with van der Waals surface area (Å²) in [6.45, 7) is 1.91. The summed E-state index contributed by atoms with van der Waals surface area (Å²) in [5.74, 6) is 0.560. The Morgan fingerprint density at radius 1 is 1.47 bits per heavy atom. The predicted octanol–water partition coefficient (Wildman–Crippen LogP) is 1.21. The third-order valence-electron chi connectivity index (χ3n) is 2.74. The molecular weight excluding hydrogens is 218 g/mol. The van der Waals surface area contributed by atoms with Crippen molar-refractivity contribution in [3.05, 3.63) is 41.5 Å². The molecule has 0 aliphatic carbocycles. The number of aromatic nitrogens is 3.